The van der Waals surface area contributed by atoms with Crippen molar-refractivity contribution in [2.24, 2.45) is 0 Å². The van der Waals surface area contributed by atoms with Crippen LogP contribution in [-0.2, 0) is 4.74 Å². The average Bonchev–Trinajstić information content (AvgIpc) is 3.18. The highest BCUT2D eigenvalue weighted by atomic mass is 19.3. The molecule has 4 heterocycles. The molecule has 0 bridgehead atoms. The van der Waals surface area contributed by atoms with Gasteiger partial charge in [-0.1, -0.05) is 0 Å². The SMILES string of the molecule is O=C(N[C@H]1COC[C@H]1O)c1cc(-c2ccc(C(F)F)nc2)nn(-c2cccnc2)c1=O. The van der Waals surface area contributed by atoms with Crippen LogP contribution in [0.15, 0.2) is 53.7 Å². The summed E-state index contributed by atoms with van der Waals surface area (Å²) >= 11 is 0. The van der Waals surface area contributed by atoms with E-state index < -0.39 is 35.7 Å². The van der Waals surface area contributed by atoms with Crippen LogP contribution in [-0.4, -0.2) is 56.1 Å². The maximum absolute atomic E-state index is 13.0. The maximum Gasteiger partial charge on any atom is 0.284 e. The number of carbonyl (C=O) groups excluding carboxylic acids is 1. The molecule has 3 aromatic rings. The van der Waals surface area contributed by atoms with Crippen LogP contribution in [0.25, 0.3) is 16.9 Å². The Balaban J connectivity index is 1.79. The molecule has 0 aliphatic carbocycles. The van der Waals surface area contributed by atoms with Gasteiger partial charge in [0.15, 0.2) is 0 Å². The van der Waals surface area contributed by atoms with Crippen molar-refractivity contribution in [2.45, 2.75) is 18.6 Å². The number of nitrogens with one attached hydrogen (secondary N) is 1. The van der Waals surface area contributed by atoms with Crippen molar-refractivity contribution in [3.05, 3.63) is 70.5 Å². The van der Waals surface area contributed by atoms with Crippen LogP contribution in [0, 0.1) is 0 Å². The number of halogens is 2. The maximum atomic E-state index is 13.0. The monoisotopic (exact) mass is 429 g/mol. The van der Waals surface area contributed by atoms with Crippen LogP contribution >= 0.6 is 0 Å². The highest BCUT2D eigenvalue weighted by Crippen LogP contribution is 2.21. The number of ether oxygens (including phenoxy) is 1. The molecule has 4 rings (SSSR count). The normalized spacial score (nSPS) is 18.3. The lowest BCUT2D eigenvalue weighted by molar-refractivity contribution is 0.0884. The number of hydrogen-bond acceptors (Lipinski definition) is 7. The number of amides is 1. The van der Waals surface area contributed by atoms with E-state index in [0.717, 1.165) is 10.7 Å². The summed E-state index contributed by atoms with van der Waals surface area (Å²) in [5, 5.41) is 16.7. The van der Waals surface area contributed by atoms with Crippen molar-refractivity contribution in [1.29, 1.82) is 0 Å². The molecule has 0 unspecified atom stereocenters. The molecule has 1 amide bonds. The Hall–Kier alpha value is -3.57. The molecule has 0 aromatic carbocycles. The van der Waals surface area contributed by atoms with E-state index in [0.29, 0.717) is 11.3 Å². The molecule has 9 nitrogen and oxygen atoms in total. The molecule has 160 valence electrons. The number of hydrogen-bond donors (Lipinski definition) is 2. The topological polar surface area (TPSA) is 119 Å². The Bertz CT molecular complexity index is 1140. The number of pyridine rings is 2. The van der Waals surface area contributed by atoms with Gasteiger partial charge in [-0.2, -0.15) is 9.78 Å². The minimum absolute atomic E-state index is 0.0780. The molecule has 0 spiro atoms. The molecule has 1 saturated heterocycles. The molecule has 1 fully saturated rings. The Morgan fingerprint density at radius 2 is 2.10 bits per heavy atom. The zero-order valence-electron chi connectivity index (χ0n) is 16.0. The van der Waals surface area contributed by atoms with Gasteiger partial charge in [-0.05, 0) is 30.3 Å². The summed E-state index contributed by atoms with van der Waals surface area (Å²) < 4.78 is 31.8. The largest absolute Gasteiger partial charge is 0.388 e. The lowest BCUT2D eigenvalue weighted by Gasteiger charge is -2.15. The molecule has 1 aliphatic rings. The molecule has 31 heavy (non-hydrogen) atoms. The third kappa shape index (κ3) is 4.32. The molecule has 11 heteroatoms. The van der Waals surface area contributed by atoms with Crippen molar-refractivity contribution in [2.75, 3.05) is 13.2 Å². The number of aliphatic hydroxyl groups is 1. The fraction of sp³-hybridized carbons (Fsp3) is 0.250. The van der Waals surface area contributed by atoms with E-state index in [1.54, 1.807) is 12.1 Å². The number of carbonyl (C=O) groups is 1. The van der Waals surface area contributed by atoms with Crippen LogP contribution in [0.5, 0.6) is 0 Å². The number of aromatic nitrogens is 4. The van der Waals surface area contributed by atoms with E-state index in [1.165, 1.54) is 30.7 Å². The van der Waals surface area contributed by atoms with Gasteiger partial charge in [0.05, 0.1) is 42.9 Å². The fourth-order valence-electron chi connectivity index (χ4n) is 3.07. The van der Waals surface area contributed by atoms with Gasteiger partial charge in [0.25, 0.3) is 17.9 Å². The Kier molecular flexibility index (Phi) is 5.78. The minimum Gasteiger partial charge on any atom is -0.388 e. The van der Waals surface area contributed by atoms with E-state index in [-0.39, 0.29) is 24.5 Å². The van der Waals surface area contributed by atoms with E-state index in [2.05, 4.69) is 20.4 Å². The first kappa shape index (κ1) is 20.7. The zero-order chi connectivity index (χ0) is 22.0. The van der Waals surface area contributed by atoms with Crippen LogP contribution in [0.3, 0.4) is 0 Å². The Morgan fingerprint density at radius 3 is 2.71 bits per heavy atom. The van der Waals surface area contributed by atoms with Gasteiger partial charge in [-0.3, -0.25) is 19.6 Å². The van der Waals surface area contributed by atoms with Crippen molar-refractivity contribution in [3.8, 4) is 16.9 Å². The van der Waals surface area contributed by atoms with E-state index >= 15 is 0 Å². The molecule has 2 N–H and O–H groups in total. The molecule has 2 atom stereocenters. The van der Waals surface area contributed by atoms with Gasteiger partial charge in [0.2, 0.25) is 0 Å². The first-order valence-corrected chi connectivity index (χ1v) is 9.30. The molecule has 3 aromatic heterocycles. The number of rotatable bonds is 5. The summed E-state index contributed by atoms with van der Waals surface area (Å²) in [6.45, 7) is 0.190. The lowest BCUT2D eigenvalue weighted by atomic mass is 10.1. The number of nitrogens with zero attached hydrogens (tertiary/aromatic N) is 4. The summed E-state index contributed by atoms with van der Waals surface area (Å²) in [5.41, 5.74) is -0.543. The van der Waals surface area contributed by atoms with E-state index in [1.807, 2.05) is 0 Å². The Labute approximate surface area is 174 Å². The second kappa shape index (κ2) is 8.66. The summed E-state index contributed by atoms with van der Waals surface area (Å²) in [7, 11) is 0. The summed E-state index contributed by atoms with van der Waals surface area (Å²) in [6.07, 6.45) is 0.482. The number of aliphatic hydroxyl groups excluding tert-OH is 1. The molecule has 0 saturated carbocycles. The Morgan fingerprint density at radius 1 is 1.26 bits per heavy atom. The van der Waals surface area contributed by atoms with Gasteiger partial charge in [0, 0.05) is 18.0 Å². The third-order valence-corrected chi connectivity index (χ3v) is 4.72. The third-order valence-electron chi connectivity index (χ3n) is 4.72. The average molecular weight is 429 g/mol. The summed E-state index contributed by atoms with van der Waals surface area (Å²) in [5.74, 6) is -0.724. The van der Waals surface area contributed by atoms with Gasteiger partial charge >= 0.3 is 0 Å². The van der Waals surface area contributed by atoms with Crippen LogP contribution < -0.4 is 10.9 Å². The number of alkyl halides is 2. The van der Waals surface area contributed by atoms with Crippen molar-refractivity contribution in [1.82, 2.24) is 25.1 Å². The predicted molar refractivity (Wildman–Crippen MR) is 104 cm³/mol. The van der Waals surface area contributed by atoms with Gasteiger partial charge in [-0.25, -0.2) is 8.78 Å². The van der Waals surface area contributed by atoms with Gasteiger partial charge in [-0.15, -0.1) is 0 Å². The standard InChI is InChI=1S/C20H17F2N5O4/c21-18(22)14-4-3-11(7-24-14)15-6-13(19(29)25-16-9-31-10-17(16)28)20(30)27(26-15)12-2-1-5-23-8-12/h1-8,16-18,28H,9-10H2,(H,25,29)/t16-,17+/m0/s1. The van der Waals surface area contributed by atoms with E-state index in [4.69, 9.17) is 4.74 Å². The molecule has 0 radical (unpaired) electrons. The second-order valence-electron chi connectivity index (χ2n) is 6.83. The molecular formula is C20H17F2N5O4. The van der Waals surface area contributed by atoms with Gasteiger partial charge in [0.1, 0.15) is 11.3 Å². The first-order chi connectivity index (χ1) is 14.9. The quantitative estimate of drug-likeness (QED) is 0.624. The van der Waals surface area contributed by atoms with Crippen LogP contribution in [0.1, 0.15) is 22.5 Å². The molecular weight excluding hydrogens is 412 g/mol. The van der Waals surface area contributed by atoms with Crippen molar-refractivity contribution in [3.63, 3.8) is 0 Å². The van der Waals surface area contributed by atoms with Crippen LogP contribution in [0.2, 0.25) is 0 Å². The highest BCUT2D eigenvalue weighted by Gasteiger charge is 2.29. The predicted octanol–water partition coefficient (Wildman–Crippen LogP) is 1.12. The second-order valence-corrected chi connectivity index (χ2v) is 6.83. The first-order valence-electron chi connectivity index (χ1n) is 9.30. The van der Waals surface area contributed by atoms with Crippen molar-refractivity contribution >= 4 is 5.91 Å². The van der Waals surface area contributed by atoms with E-state index in [9.17, 15) is 23.5 Å². The van der Waals surface area contributed by atoms with Crippen LogP contribution in [0.4, 0.5) is 8.78 Å². The lowest BCUT2D eigenvalue weighted by Crippen LogP contribution is -2.44. The fourth-order valence-corrected chi connectivity index (χ4v) is 3.07. The summed E-state index contributed by atoms with van der Waals surface area (Å²) in [4.78, 5) is 33.5. The summed E-state index contributed by atoms with van der Waals surface area (Å²) in [6, 6.07) is 6.30. The smallest absolute Gasteiger partial charge is 0.284 e. The zero-order valence-corrected chi connectivity index (χ0v) is 16.0. The van der Waals surface area contributed by atoms with Crippen molar-refractivity contribution < 1.29 is 23.4 Å². The van der Waals surface area contributed by atoms with Gasteiger partial charge < -0.3 is 15.2 Å². The highest BCUT2D eigenvalue weighted by molar-refractivity contribution is 5.95. The minimum atomic E-state index is -2.73. The molecule has 1 aliphatic heterocycles.